The van der Waals surface area contributed by atoms with Gasteiger partial charge in [-0.15, -0.1) is 11.3 Å². The maximum atomic E-state index is 11.9. The summed E-state index contributed by atoms with van der Waals surface area (Å²) in [6, 6.07) is 0. The molecule has 1 saturated heterocycles. The Bertz CT molecular complexity index is 496. The van der Waals surface area contributed by atoms with Gasteiger partial charge in [0.1, 0.15) is 15.6 Å². The zero-order valence-electron chi connectivity index (χ0n) is 12.8. The van der Waals surface area contributed by atoms with Gasteiger partial charge in [0, 0.05) is 26.7 Å². The molecule has 0 unspecified atom stereocenters. The number of thiophene rings is 1. The summed E-state index contributed by atoms with van der Waals surface area (Å²) in [5.74, 6) is 0.430. The van der Waals surface area contributed by atoms with Crippen molar-refractivity contribution >= 4 is 27.9 Å². The molecule has 118 valence electrons. The lowest BCUT2D eigenvalue weighted by atomic mass is 10.1. The Kier molecular flexibility index (Phi) is 5.30. The second kappa shape index (κ2) is 7.00. The standard InChI is InChI=1S/C14H23N3O3S/c1-4-20-9-5-7-17(8-6-9)14-11(19-3)10(15)12(21-14)13(18)16-2/h9H,4-8,15H2,1-3H3,(H,16,18). The highest BCUT2D eigenvalue weighted by atomic mass is 32.1. The third-order valence-electron chi connectivity index (χ3n) is 3.65. The van der Waals surface area contributed by atoms with Crippen molar-refractivity contribution < 1.29 is 14.3 Å². The van der Waals surface area contributed by atoms with Crippen LogP contribution in [0.1, 0.15) is 29.4 Å². The summed E-state index contributed by atoms with van der Waals surface area (Å²) in [7, 11) is 3.18. The van der Waals surface area contributed by atoms with E-state index < -0.39 is 0 Å². The number of nitrogens with zero attached hydrogens (tertiary/aromatic N) is 1. The molecule has 3 N–H and O–H groups in total. The van der Waals surface area contributed by atoms with Gasteiger partial charge in [-0.1, -0.05) is 0 Å². The fourth-order valence-electron chi connectivity index (χ4n) is 2.57. The number of anilines is 2. The zero-order chi connectivity index (χ0) is 15.4. The number of methoxy groups -OCH3 is 1. The Hall–Kier alpha value is -1.47. The fourth-order valence-corrected chi connectivity index (χ4v) is 3.75. The Morgan fingerprint density at radius 3 is 2.67 bits per heavy atom. The van der Waals surface area contributed by atoms with Crippen molar-refractivity contribution in [2.24, 2.45) is 0 Å². The molecular weight excluding hydrogens is 290 g/mol. The number of piperidine rings is 1. The molecule has 1 aliphatic rings. The van der Waals surface area contributed by atoms with E-state index >= 15 is 0 Å². The number of amides is 1. The second-order valence-electron chi connectivity index (χ2n) is 4.90. The third-order valence-corrected chi connectivity index (χ3v) is 4.90. The molecule has 0 saturated carbocycles. The fraction of sp³-hybridized carbons (Fsp3) is 0.643. The monoisotopic (exact) mass is 313 g/mol. The number of ether oxygens (including phenoxy) is 2. The van der Waals surface area contributed by atoms with Crippen LogP contribution in [0.4, 0.5) is 10.7 Å². The minimum atomic E-state index is -0.175. The van der Waals surface area contributed by atoms with Gasteiger partial charge in [-0.05, 0) is 19.8 Å². The van der Waals surface area contributed by atoms with Gasteiger partial charge in [-0.2, -0.15) is 0 Å². The summed E-state index contributed by atoms with van der Waals surface area (Å²) in [6.45, 7) is 4.54. The number of rotatable bonds is 5. The highest BCUT2D eigenvalue weighted by Crippen LogP contribution is 2.45. The van der Waals surface area contributed by atoms with Gasteiger partial charge in [-0.25, -0.2) is 0 Å². The van der Waals surface area contributed by atoms with Crippen molar-refractivity contribution in [2.45, 2.75) is 25.9 Å². The number of nitrogens with one attached hydrogen (secondary N) is 1. The van der Waals surface area contributed by atoms with Crippen LogP contribution in [0.25, 0.3) is 0 Å². The third kappa shape index (κ3) is 3.24. The summed E-state index contributed by atoms with van der Waals surface area (Å²) >= 11 is 1.39. The smallest absolute Gasteiger partial charge is 0.263 e. The number of carbonyl (C=O) groups excluding carboxylic acids is 1. The van der Waals surface area contributed by atoms with Crippen LogP contribution in [-0.2, 0) is 4.74 Å². The molecular formula is C14H23N3O3S. The van der Waals surface area contributed by atoms with Gasteiger partial charge in [0.05, 0.1) is 13.2 Å². The van der Waals surface area contributed by atoms with Crippen LogP contribution in [0.15, 0.2) is 0 Å². The van der Waals surface area contributed by atoms with Gasteiger partial charge >= 0.3 is 0 Å². The number of hydrogen-bond donors (Lipinski definition) is 2. The average molecular weight is 313 g/mol. The molecule has 0 bridgehead atoms. The normalized spacial score (nSPS) is 16.0. The van der Waals surface area contributed by atoms with E-state index in [9.17, 15) is 4.79 Å². The molecule has 1 aromatic heterocycles. The minimum absolute atomic E-state index is 0.175. The van der Waals surface area contributed by atoms with E-state index in [0.29, 0.717) is 22.4 Å². The molecule has 1 fully saturated rings. The van der Waals surface area contributed by atoms with E-state index in [1.807, 2.05) is 6.92 Å². The Labute approximate surface area is 129 Å². The van der Waals surface area contributed by atoms with Crippen LogP contribution in [-0.4, -0.2) is 45.9 Å². The lowest BCUT2D eigenvalue weighted by molar-refractivity contribution is 0.0459. The first kappa shape index (κ1) is 15.9. The largest absolute Gasteiger partial charge is 0.492 e. The molecule has 0 radical (unpaired) electrons. The van der Waals surface area contributed by atoms with Gasteiger partial charge in [-0.3, -0.25) is 4.79 Å². The summed E-state index contributed by atoms with van der Waals surface area (Å²) in [5.41, 5.74) is 6.47. The van der Waals surface area contributed by atoms with E-state index in [-0.39, 0.29) is 5.91 Å². The van der Waals surface area contributed by atoms with E-state index in [0.717, 1.165) is 37.5 Å². The van der Waals surface area contributed by atoms with Crippen LogP contribution >= 0.6 is 11.3 Å². The number of carbonyl (C=O) groups is 1. The summed E-state index contributed by atoms with van der Waals surface area (Å²) < 4.78 is 11.1. The minimum Gasteiger partial charge on any atom is -0.492 e. The summed E-state index contributed by atoms with van der Waals surface area (Å²) in [4.78, 5) is 14.6. The van der Waals surface area contributed by atoms with Gasteiger partial charge < -0.3 is 25.4 Å². The molecule has 2 heterocycles. The topological polar surface area (TPSA) is 76.8 Å². The van der Waals surface area contributed by atoms with Gasteiger partial charge in [0.2, 0.25) is 0 Å². The van der Waals surface area contributed by atoms with Gasteiger partial charge in [0.15, 0.2) is 5.75 Å². The van der Waals surface area contributed by atoms with Crippen molar-refractivity contribution in [3.8, 4) is 5.75 Å². The molecule has 21 heavy (non-hydrogen) atoms. The second-order valence-corrected chi connectivity index (χ2v) is 5.90. The van der Waals surface area contributed by atoms with Crippen LogP contribution in [0.3, 0.4) is 0 Å². The SMILES string of the molecule is CCOC1CCN(c2sc(C(=O)NC)c(N)c2OC)CC1. The van der Waals surface area contributed by atoms with Crippen molar-refractivity contribution in [3.05, 3.63) is 4.88 Å². The highest BCUT2D eigenvalue weighted by Gasteiger charge is 2.27. The van der Waals surface area contributed by atoms with E-state index in [1.54, 1.807) is 14.2 Å². The zero-order valence-corrected chi connectivity index (χ0v) is 13.6. The van der Waals surface area contributed by atoms with Crippen LogP contribution in [0.2, 0.25) is 0 Å². The Morgan fingerprint density at radius 2 is 2.14 bits per heavy atom. The maximum absolute atomic E-state index is 11.9. The number of nitrogen functional groups attached to an aromatic ring is 1. The highest BCUT2D eigenvalue weighted by molar-refractivity contribution is 7.19. The summed E-state index contributed by atoms with van der Waals surface area (Å²) in [5, 5.41) is 3.54. The molecule has 6 nitrogen and oxygen atoms in total. The first-order valence-electron chi connectivity index (χ1n) is 7.17. The molecule has 0 aliphatic carbocycles. The average Bonchev–Trinajstić information content (AvgIpc) is 2.84. The lowest BCUT2D eigenvalue weighted by Gasteiger charge is -2.32. The summed E-state index contributed by atoms with van der Waals surface area (Å²) in [6.07, 6.45) is 2.28. The predicted molar refractivity (Wildman–Crippen MR) is 85.5 cm³/mol. The molecule has 1 aliphatic heterocycles. The first-order chi connectivity index (χ1) is 10.1. The van der Waals surface area contributed by atoms with Crippen molar-refractivity contribution in [3.63, 3.8) is 0 Å². The quantitative estimate of drug-likeness (QED) is 0.865. The van der Waals surface area contributed by atoms with E-state index in [4.69, 9.17) is 15.2 Å². The first-order valence-corrected chi connectivity index (χ1v) is 7.98. The molecule has 0 atom stereocenters. The Balaban J connectivity index is 2.18. The number of hydrogen-bond acceptors (Lipinski definition) is 6. The predicted octanol–water partition coefficient (Wildman–Crippen LogP) is 1.70. The molecule has 1 amide bonds. The van der Waals surface area contributed by atoms with Gasteiger partial charge in [0.25, 0.3) is 5.91 Å². The lowest BCUT2D eigenvalue weighted by Crippen LogP contribution is -2.36. The molecule has 2 rings (SSSR count). The van der Waals surface area contributed by atoms with Crippen LogP contribution in [0, 0.1) is 0 Å². The van der Waals surface area contributed by atoms with E-state index in [1.165, 1.54) is 11.3 Å². The number of nitrogens with two attached hydrogens (primary N) is 1. The molecule has 0 spiro atoms. The molecule has 0 aromatic carbocycles. The van der Waals surface area contributed by atoms with Crippen molar-refractivity contribution in [2.75, 3.05) is 44.5 Å². The van der Waals surface area contributed by atoms with Crippen molar-refractivity contribution in [1.29, 1.82) is 0 Å². The van der Waals surface area contributed by atoms with Crippen molar-refractivity contribution in [1.82, 2.24) is 5.32 Å². The van der Waals surface area contributed by atoms with Crippen LogP contribution < -0.4 is 20.7 Å². The van der Waals surface area contributed by atoms with E-state index in [2.05, 4.69) is 10.2 Å². The Morgan fingerprint density at radius 1 is 1.48 bits per heavy atom. The maximum Gasteiger partial charge on any atom is 0.263 e. The molecule has 1 aromatic rings. The van der Waals surface area contributed by atoms with Crippen LogP contribution in [0.5, 0.6) is 5.75 Å². The molecule has 7 heteroatoms.